The van der Waals surface area contributed by atoms with Crippen LogP contribution in [-0.2, 0) is 24.6 Å². The number of ketones is 3. The number of hydrogen-bond donors (Lipinski definition) is 5. The highest BCUT2D eigenvalue weighted by atomic mass is 16.5. The lowest BCUT2D eigenvalue weighted by atomic mass is 9.70. The Labute approximate surface area is 187 Å². The van der Waals surface area contributed by atoms with E-state index in [0.717, 1.165) is 6.08 Å². The third-order valence-electron chi connectivity index (χ3n) is 5.71. The number of ether oxygens (including phenoxy) is 1. The van der Waals surface area contributed by atoms with Gasteiger partial charge in [0.25, 0.3) is 0 Å². The summed E-state index contributed by atoms with van der Waals surface area (Å²) < 4.78 is 5.66. The van der Waals surface area contributed by atoms with Crippen molar-refractivity contribution in [1.82, 2.24) is 10.6 Å². The van der Waals surface area contributed by atoms with Crippen molar-refractivity contribution in [3.05, 3.63) is 39.8 Å². The number of benzene rings is 1. The largest absolute Gasteiger partial charge is 0.507 e. The fourth-order valence-electron chi connectivity index (χ4n) is 3.90. The summed E-state index contributed by atoms with van der Waals surface area (Å²) in [6, 6.07) is 0. The summed E-state index contributed by atoms with van der Waals surface area (Å²) in [6.07, 6.45) is 1.06. The molecule has 3 rings (SSSR count). The average molecular weight is 458 g/mol. The fraction of sp³-hybridized carbons (Fsp3) is 0.318. The molecule has 1 aromatic carbocycles. The summed E-state index contributed by atoms with van der Waals surface area (Å²) in [7, 11) is 0. The average Bonchev–Trinajstić information content (AvgIpc) is 3.02. The number of aromatic hydroxyl groups is 2. The molecule has 0 spiro atoms. The van der Waals surface area contributed by atoms with Crippen LogP contribution in [0.2, 0.25) is 0 Å². The van der Waals surface area contributed by atoms with Gasteiger partial charge in [0.1, 0.15) is 40.5 Å². The molecule has 5 N–H and O–H groups in total. The predicted molar refractivity (Wildman–Crippen MR) is 112 cm³/mol. The zero-order valence-electron chi connectivity index (χ0n) is 18.3. The second-order valence-electron chi connectivity index (χ2n) is 7.91. The molecule has 1 atom stereocenters. The van der Waals surface area contributed by atoms with Gasteiger partial charge in [0.2, 0.25) is 5.91 Å². The second kappa shape index (κ2) is 8.08. The molecule has 1 aliphatic carbocycles. The van der Waals surface area contributed by atoms with Crippen molar-refractivity contribution in [2.45, 2.75) is 33.1 Å². The summed E-state index contributed by atoms with van der Waals surface area (Å²) in [4.78, 5) is 60.8. The van der Waals surface area contributed by atoms with E-state index in [1.807, 2.05) is 0 Å². The third kappa shape index (κ3) is 3.60. The topological polar surface area (TPSA) is 179 Å². The summed E-state index contributed by atoms with van der Waals surface area (Å²) in [5.74, 6) is -5.15. The number of hydrogen-bond acceptors (Lipinski definition) is 9. The maximum atomic E-state index is 13.6. The number of allylic oxidation sites excluding steroid dienone is 4. The van der Waals surface area contributed by atoms with Gasteiger partial charge in [0.15, 0.2) is 17.3 Å². The Balaban J connectivity index is 2.07. The number of phenolic OH excluding ortho intramolecular Hbond substituents is 2. The van der Waals surface area contributed by atoms with Crippen molar-refractivity contribution in [3.63, 3.8) is 0 Å². The van der Waals surface area contributed by atoms with E-state index >= 15 is 0 Å². The van der Waals surface area contributed by atoms with E-state index in [9.17, 15) is 34.2 Å². The summed E-state index contributed by atoms with van der Waals surface area (Å²) in [6.45, 7) is 4.41. The molecule has 174 valence electrons. The van der Waals surface area contributed by atoms with Crippen LogP contribution < -0.4 is 15.4 Å². The monoisotopic (exact) mass is 458 g/mol. The van der Waals surface area contributed by atoms with Crippen LogP contribution in [-0.4, -0.2) is 57.6 Å². The van der Waals surface area contributed by atoms with Crippen LogP contribution in [0.15, 0.2) is 23.1 Å². The number of nitrogens with one attached hydrogen (secondary N) is 2. The minimum Gasteiger partial charge on any atom is -0.507 e. The van der Waals surface area contributed by atoms with Crippen LogP contribution in [0.4, 0.5) is 0 Å². The molecule has 2 aliphatic rings. The molecule has 0 saturated carbocycles. The minimum absolute atomic E-state index is 0.0230. The van der Waals surface area contributed by atoms with E-state index in [0.29, 0.717) is 0 Å². The molecule has 0 unspecified atom stereocenters. The number of amides is 1. The smallest absolute Gasteiger partial charge is 0.322 e. The summed E-state index contributed by atoms with van der Waals surface area (Å²) in [5.41, 5.74) is -2.19. The number of carboxylic acids is 1. The van der Waals surface area contributed by atoms with Crippen LogP contribution in [0.1, 0.15) is 42.3 Å². The van der Waals surface area contributed by atoms with Crippen molar-refractivity contribution < 1.29 is 44.0 Å². The van der Waals surface area contributed by atoms with Gasteiger partial charge in [0.05, 0.1) is 17.7 Å². The molecule has 1 heterocycles. The minimum atomic E-state index is -1.67. The van der Waals surface area contributed by atoms with Crippen molar-refractivity contribution in [2.75, 3.05) is 13.1 Å². The summed E-state index contributed by atoms with van der Waals surface area (Å²) in [5, 5.41) is 34.5. The molecule has 0 aromatic heterocycles. The summed E-state index contributed by atoms with van der Waals surface area (Å²) >= 11 is 0. The Kier molecular flexibility index (Phi) is 5.76. The predicted octanol–water partition coefficient (Wildman–Crippen LogP) is 0.359. The molecule has 0 fully saturated rings. The quantitative estimate of drug-likeness (QED) is 0.227. The first kappa shape index (κ1) is 23.5. The van der Waals surface area contributed by atoms with E-state index in [1.54, 1.807) is 0 Å². The second-order valence-corrected chi connectivity index (χ2v) is 7.91. The van der Waals surface area contributed by atoms with Crippen LogP contribution in [0.5, 0.6) is 17.2 Å². The SMILES string of the molecule is CC(=O)c1c(O)c(C)c(O)c2c1OC1=CC(=O)/C(=C(/C)NCC(=O)NCC(=O)O)C(=O)[C@]12C. The molecule has 1 amide bonds. The highest BCUT2D eigenvalue weighted by Gasteiger charge is 2.56. The van der Waals surface area contributed by atoms with Crippen LogP contribution in [0.25, 0.3) is 0 Å². The van der Waals surface area contributed by atoms with Gasteiger partial charge in [0, 0.05) is 17.3 Å². The lowest BCUT2D eigenvalue weighted by Crippen LogP contribution is -2.42. The van der Waals surface area contributed by atoms with E-state index in [4.69, 9.17) is 9.84 Å². The lowest BCUT2D eigenvalue weighted by Gasteiger charge is -2.29. The van der Waals surface area contributed by atoms with Crippen LogP contribution in [0, 0.1) is 6.92 Å². The van der Waals surface area contributed by atoms with Crippen molar-refractivity contribution in [1.29, 1.82) is 0 Å². The van der Waals surface area contributed by atoms with Crippen molar-refractivity contribution >= 4 is 29.2 Å². The first-order chi connectivity index (χ1) is 15.3. The molecule has 11 heteroatoms. The number of Topliss-reactive ketones (excluding diaryl/α,β-unsaturated/α-hetero) is 2. The Morgan fingerprint density at radius 3 is 2.27 bits per heavy atom. The van der Waals surface area contributed by atoms with Crippen molar-refractivity contribution in [3.8, 4) is 17.2 Å². The molecule has 0 radical (unpaired) electrons. The number of carboxylic acid groups (broad SMARTS) is 1. The van der Waals surface area contributed by atoms with Gasteiger partial charge in [-0.2, -0.15) is 0 Å². The lowest BCUT2D eigenvalue weighted by molar-refractivity contribution is -0.137. The zero-order chi connectivity index (χ0) is 24.8. The molecule has 33 heavy (non-hydrogen) atoms. The number of carbonyl (C=O) groups excluding carboxylic acids is 4. The van der Waals surface area contributed by atoms with Gasteiger partial charge in [-0.1, -0.05) is 0 Å². The van der Waals surface area contributed by atoms with E-state index in [-0.39, 0.29) is 39.5 Å². The zero-order valence-corrected chi connectivity index (χ0v) is 18.3. The van der Waals surface area contributed by atoms with Crippen LogP contribution in [0.3, 0.4) is 0 Å². The Morgan fingerprint density at radius 2 is 1.70 bits per heavy atom. The third-order valence-corrected chi connectivity index (χ3v) is 5.71. The molecule has 0 bridgehead atoms. The van der Waals surface area contributed by atoms with Gasteiger partial charge in [-0.3, -0.25) is 24.0 Å². The number of rotatable bonds is 6. The highest BCUT2D eigenvalue weighted by molar-refractivity contribution is 6.31. The Morgan fingerprint density at radius 1 is 1.06 bits per heavy atom. The maximum absolute atomic E-state index is 13.6. The molecule has 1 aliphatic heterocycles. The Bertz CT molecular complexity index is 1210. The van der Waals surface area contributed by atoms with Gasteiger partial charge in [-0.05, 0) is 27.7 Å². The van der Waals surface area contributed by atoms with Gasteiger partial charge in [-0.15, -0.1) is 0 Å². The number of aliphatic carboxylic acids is 1. The van der Waals surface area contributed by atoms with E-state index < -0.39 is 59.2 Å². The molecular formula is C22H22N2O9. The first-order valence-electron chi connectivity index (χ1n) is 9.84. The van der Waals surface area contributed by atoms with E-state index in [1.165, 1.54) is 27.7 Å². The maximum Gasteiger partial charge on any atom is 0.322 e. The standard InChI is InChI=1S/C22H22N2O9/c1-8-18(30)16(10(3)25)20-17(19(8)31)22(4)12(33-20)5-11(26)15(21(22)32)9(2)23-6-13(27)24-7-14(28)29/h5,23,30-31H,6-7H2,1-4H3,(H,24,27)(H,28,29)/b15-9+/t22-/m1/s1. The Hall–Kier alpha value is -4.15. The molecule has 11 nitrogen and oxygen atoms in total. The fourth-order valence-corrected chi connectivity index (χ4v) is 3.90. The van der Waals surface area contributed by atoms with Crippen molar-refractivity contribution in [2.24, 2.45) is 0 Å². The van der Waals surface area contributed by atoms with E-state index in [2.05, 4.69) is 10.6 Å². The van der Waals surface area contributed by atoms with Gasteiger partial charge in [-0.25, -0.2) is 0 Å². The molecular weight excluding hydrogens is 436 g/mol. The van der Waals surface area contributed by atoms with Crippen LogP contribution >= 0.6 is 0 Å². The molecule has 0 saturated heterocycles. The van der Waals surface area contributed by atoms with Gasteiger partial charge >= 0.3 is 5.97 Å². The first-order valence-corrected chi connectivity index (χ1v) is 9.84. The normalized spacial score (nSPS) is 20.3. The number of fused-ring (bicyclic) bond motifs is 3. The van der Waals surface area contributed by atoms with Gasteiger partial charge < -0.3 is 30.7 Å². The molecule has 1 aromatic rings. The number of phenols is 2. The number of carbonyl (C=O) groups is 5. The highest BCUT2D eigenvalue weighted by Crippen LogP contribution is 2.57.